The van der Waals surface area contributed by atoms with E-state index in [0.29, 0.717) is 23.9 Å². The summed E-state index contributed by atoms with van der Waals surface area (Å²) in [5, 5.41) is 7.30. The van der Waals surface area contributed by atoms with Crippen molar-refractivity contribution in [2.24, 2.45) is 11.8 Å². The zero-order valence-electron chi connectivity index (χ0n) is 15.2. The number of hydrogen-bond donors (Lipinski definition) is 1. The molecular formula is C21H27N3OS. The summed E-state index contributed by atoms with van der Waals surface area (Å²) in [6.45, 7) is 0. The van der Waals surface area contributed by atoms with Crippen molar-refractivity contribution in [3.05, 3.63) is 41.3 Å². The number of rotatable bonds is 4. The largest absolute Gasteiger partial charge is 0.336 e. The van der Waals surface area contributed by atoms with E-state index < -0.39 is 0 Å². The summed E-state index contributed by atoms with van der Waals surface area (Å²) in [5.74, 6) is 3.64. The number of aryl methyl sites for hydroxylation is 1. The number of hydrogen-bond acceptors (Lipinski definition) is 3. The Morgan fingerprint density at radius 1 is 1.23 bits per heavy atom. The van der Waals surface area contributed by atoms with Gasteiger partial charge in [-0.1, -0.05) is 18.2 Å². The van der Waals surface area contributed by atoms with Crippen LogP contribution in [0.4, 0.5) is 0 Å². The maximum atomic E-state index is 13.4. The molecule has 0 aromatic carbocycles. The molecule has 3 atom stereocenters. The van der Waals surface area contributed by atoms with E-state index in [2.05, 4.69) is 45.1 Å². The molecule has 0 bridgehead atoms. The monoisotopic (exact) mass is 369 g/mol. The zero-order chi connectivity index (χ0) is 17.5. The van der Waals surface area contributed by atoms with Crippen LogP contribution < -0.4 is 0 Å². The molecule has 0 spiro atoms. The number of nitrogens with zero attached hydrogens (tertiary/aromatic N) is 2. The van der Waals surface area contributed by atoms with Crippen LogP contribution in [0.2, 0.25) is 0 Å². The van der Waals surface area contributed by atoms with Gasteiger partial charge in [0.2, 0.25) is 5.91 Å². The van der Waals surface area contributed by atoms with Gasteiger partial charge in [-0.3, -0.25) is 9.89 Å². The average molecular weight is 370 g/mol. The Kier molecular flexibility index (Phi) is 4.43. The molecule has 1 saturated heterocycles. The molecule has 138 valence electrons. The first kappa shape index (κ1) is 16.7. The number of aromatic nitrogens is 2. The molecule has 4 aliphatic rings. The molecule has 1 aromatic heterocycles. The molecule has 1 saturated carbocycles. The summed E-state index contributed by atoms with van der Waals surface area (Å²) >= 11 is 2.06. The minimum Gasteiger partial charge on any atom is -0.336 e. The highest BCUT2D eigenvalue weighted by molar-refractivity contribution is 7.99. The van der Waals surface area contributed by atoms with Gasteiger partial charge in [0.15, 0.2) is 0 Å². The van der Waals surface area contributed by atoms with E-state index in [1.807, 2.05) is 6.20 Å². The Hall–Kier alpha value is -1.49. The van der Waals surface area contributed by atoms with Crippen LogP contribution in [0.3, 0.4) is 0 Å². The molecule has 5 rings (SSSR count). The lowest BCUT2D eigenvalue weighted by Gasteiger charge is -2.36. The van der Waals surface area contributed by atoms with E-state index in [-0.39, 0.29) is 5.92 Å². The topological polar surface area (TPSA) is 49.0 Å². The van der Waals surface area contributed by atoms with Crippen LogP contribution in [-0.2, 0) is 17.6 Å². The molecule has 3 aliphatic carbocycles. The van der Waals surface area contributed by atoms with Gasteiger partial charge in [-0.25, -0.2) is 0 Å². The van der Waals surface area contributed by atoms with Gasteiger partial charge in [0.1, 0.15) is 0 Å². The normalized spacial score (nSPS) is 30.8. The standard InChI is InChI=1S/C21H27N3OS/c25-21(15-3-1-14(2-4-15)16-9-10-26-13-16)24(18-5-6-18)19-7-8-20-17(11-19)12-22-23-20/h1-3,12,15-16,18-19H,4-11,13H2,(H,22,23). The van der Waals surface area contributed by atoms with Crippen LogP contribution in [-0.4, -0.2) is 44.6 Å². The fraction of sp³-hybridized carbons (Fsp3) is 0.619. The summed E-state index contributed by atoms with van der Waals surface area (Å²) < 4.78 is 0. The fourth-order valence-corrected chi connectivity index (χ4v) is 6.02. The van der Waals surface area contributed by atoms with Crippen LogP contribution in [0.15, 0.2) is 30.0 Å². The van der Waals surface area contributed by atoms with Gasteiger partial charge in [-0.05, 0) is 67.8 Å². The predicted molar refractivity (Wildman–Crippen MR) is 105 cm³/mol. The molecule has 2 fully saturated rings. The average Bonchev–Trinajstić information content (AvgIpc) is 3.17. The van der Waals surface area contributed by atoms with Crippen molar-refractivity contribution < 1.29 is 4.79 Å². The third kappa shape index (κ3) is 3.15. The van der Waals surface area contributed by atoms with E-state index in [1.165, 1.54) is 47.6 Å². The Bertz CT molecular complexity index is 742. The molecule has 1 amide bonds. The molecule has 1 aliphatic heterocycles. The van der Waals surface area contributed by atoms with Crippen molar-refractivity contribution >= 4 is 17.7 Å². The molecule has 1 aromatic rings. The molecular weight excluding hydrogens is 342 g/mol. The number of H-pyrrole nitrogens is 1. The number of carbonyl (C=O) groups excluding carboxylic acids is 1. The van der Waals surface area contributed by atoms with Gasteiger partial charge >= 0.3 is 0 Å². The second-order valence-corrected chi connectivity index (χ2v) is 9.36. The minimum absolute atomic E-state index is 0.0409. The van der Waals surface area contributed by atoms with Gasteiger partial charge in [0, 0.05) is 23.5 Å². The van der Waals surface area contributed by atoms with Crippen LogP contribution >= 0.6 is 11.8 Å². The van der Waals surface area contributed by atoms with E-state index in [1.54, 1.807) is 0 Å². The highest BCUT2D eigenvalue weighted by atomic mass is 32.2. The zero-order valence-corrected chi connectivity index (χ0v) is 16.0. The van der Waals surface area contributed by atoms with Crippen molar-refractivity contribution in [1.82, 2.24) is 15.1 Å². The summed E-state index contributed by atoms with van der Waals surface area (Å²) in [7, 11) is 0. The molecule has 2 heterocycles. The van der Waals surface area contributed by atoms with E-state index >= 15 is 0 Å². The Morgan fingerprint density at radius 3 is 2.88 bits per heavy atom. The fourth-order valence-electron chi connectivity index (χ4n) is 4.76. The van der Waals surface area contributed by atoms with Crippen LogP contribution in [0.1, 0.15) is 43.4 Å². The molecule has 26 heavy (non-hydrogen) atoms. The third-order valence-electron chi connectivity index (χ3n) is 6.43. The van der Waals surface area contributed by atoms with Gasteiger partial charge in [-0.2, -0.15) is 16.9 Å². The number of thioether (sulfide) groups is 1. The quantitative estimate of drug-likeness (QED) is 0.883. The maximum absolute atomic E-state index is 13.4. The summed E-state index contributed by atoms with van der Waals surface area (Å²) in [5.41, 5.74) is 4.04. The number of fused-ring (bicyclic) bond motifs is 1. The third-order valence-corrected chi connectivity index (χ3v) is 7.59. The van der Waals surface area contributed by atoms with Crippen molar-refractivity contribution in [2.75, 3.05) is 11.5 Å². The first-order valence-corrected chi connectivity index (χ1v) is 11.2. The second kappa shape index (κ2) is 6.91. The predicted octanol–water partition coefficient (Wildman–Crippen LogP) is 3.51. The summed E-state index contributed by atoms with van der Waals surface area (Å²) in [6, 6.07) is 0.830. The molecule has 4 nitrogen and oxygen atoms in total. The summed E-state index contributed by atoms with van der Waals surface area (Å²) in [6.07, 6.45) is 16.3. The van der Waals surface area contributed by atoms with Crippen molar-refractivity contribution in [3.8, 4) is 0 Å². The minimum atomic E-state index is 0.0409. The van der Waals surface area contributed by atoms with Gasteiger partial charge in [0.05, 0.1) is 12.1 Å². The first-order chi connectivity index (χ1) is 12.8. The lowest BCUT2D eigenvalue weighted by Crippen LogP contribution is -2.47. The number of amides is 1. The van der Waals surface area contributed by atoms with Gasteiger partial charge in [-0.15, -0.1) is 0 Å². The van der Waals surface area contributed by atoms with E-state index in [4.69, 9.17) is 0 Å². The molecule has 5 heteroatoms. The molecule has 3 unspecified atom stereocenters. The summed E-state index contributed by atoms with van der Waals surface area (Å²) in [4.78, 5) is 15.6. The van der Waals surface area contributed by atoms with Crippen molar-refractivity contribution in [2.45, 2.75) is 57.0 Å². The van der Waals surface area contributed by atoms with E-state index in [9.17, 15) is 4.79 Å². The molecule has 1 N–H and O–H groups in total. The van der Waals surface area contributed by atoms with Crippen molar-refractivity contribution in [1.29, 1.82) is 0 Å². The van der Waals surface area contributed by atoms with Gasteiger partial charge < -0.3 is 4.90 Å². The Morgan fingerprint density at radius 2 is 2.15 bits per heavy atom. The first-order valence-electron chi connectivity index (χ1n) is 10.1. The highest BCUT2D eigenvalue weighted by Crippen LogP contribution is 2.37. The number of aromatic amines is 1. The Labute approximate surface area is 159 Å². The lowest BCUT2D eigenvalue weighted by molar-refractivity contribution is -0.137. The lowest BCUT2D eigenvalue weighted by atomic mass is 9.87. The Balaban J connectivity index is 1.28. The maximum Gasteiger partial charge on any atom is 0.230 e. The SMILES string of the molecule is O=C(C1C=CC(C2CCSC2)=CC1)N(C1CC1)C1CCc2[nH]ncc2C1. The highest BCUT2D eigenvalue weighted by Gasteiger charge is 2.40. The van der Waals surface area contributed by atoms with Crippen molar-refractivity contribution in [3.63, 3.8) is 0 Å². The van der Waals surface area contributed by atoms with Gasteiger partial charge in [0.25, 0.3) is 0 Å². The van der Waals surface area contributed by atoms with E-state index in [0.717, 1.165) is 25.7 Å². The van der Waals surface area contributed by atoms with Crippen LogP contribution in [0.25, 0.3) is 0 Å². The van der Waals surface area contributed by atoms with Crippen LogP contribution in [0, 0.1) is 11.8 Å². The number of carbonyl (C=O) groups is 1. The second-order valence-electron chi connectivity index (χ2n) is 8.21. The molecule has 0 radical (unpaired) electrons. The van der Waals surface area contributed by atoms with Crippen LogP contribution in [0.5, 0.6) is 0 Å². The number of nitrogens with one attached hydrogen (secondary N) is 1. The number of allylic oxidation sites excluding steroid dienone is 3. The smallest absolute Gasteiger partial charge is 0.230 e.